The Morgan fingerprint density at radius 1 is 0.900 bits per heavy atom. The standard InChI is InChI=1S/C24H25N5O/c30-22(8-7-18-9-13-25-14-10-18)29-16-20-15-28(24-26-11-4-12-27-24)17-21(20)23(29)19-5-2-1-3-6-19/h1-6,9-14,20-21,23H,7-8,15-17H2/t20-,21-,23+/m0/s1. The lowest BCUT2D eigenvalue weighted by atomic mass is 9.89. The number of amides is 1. The zero-order valence-corrected chi connectivity index (χ0v) is 16.8. The van der Waals surface area contributed by atoms with Crippen LogP contribution in [-0.4, -0.2) is 45.4 Å². The van der Waals surface area contributed by atoms with Gasteiger partial charge in [-0.2, -0.15) is 0 Å². The van der Waals surface area contributed by atoms with Gasteiger partial charge >= 0.3 is 0 Å². The van der Waals surface area contributed by atoms with E-state index in [4.69, 9.17) is 0 Å². The summed E-state index contributed by atoms with van der Waals surface area (Å²) >= 11 is 0. The predicted octanol–water partition coefficient (Wildman–Crippen LogP) is 3.14. The molecule has 2 saturated heterocycles. The van der Waals surface area contributed by atoms with Gasteiger partial charge in [-0.05, 0) is 35.7 Å². The molecule has 0 unspecified atom stereocenters. The van der Waals surface area contributed by atoms with Crippen molar-refractivity contribution in [2.24, 2.45) is 11.8 Å². The van der Waals surface area contributed by atoms with Gasteiger partial charge in [-0.1, -0.05) is 30.3 Å². The van der Waals surface area contributed by atoms with E-state index in [0.29, 0.717) is 18.3 Å². The highest BCUT2D eigenvalue weighted by Gasteiger charge is 2.49. The fourth-order valence-electron chi connectivity index (χ4n) is 4.94. The monoisotopic (exact) mass is 399 g/mol. The van der Waals surface area contributed by atoms with Gasteiger partial charge in [-0.15, -0.1) is 0 Å². The minimum absolute atomic E-state index is 0.106. The minimum Gasteiger partial charge on any atom is -0.340 e. The van der Waals surface area contributed by atoms with Crippen LogP contribution in [0.4, 0.5) is 5.95 Å². The fourth-order valence-corrected chi connectivity index (χ4v) is 4.94. The quantitative estimate of drug-likeness (QED) is 0.660. The normalized spacial score (nSPS) is 22.9. The molecule has 30 heavy (non-hydrogen) atoms. The molecule has 5 rings (SSSR count). The lowest BCUT2D eigenvalue weighted by Crippen LogP contribution is -2.36. The SMILES string of the molecule is O=C(CCc1ccncc1)N1C[C@@H]2CN(c3ncccn3)C[C@@H]2[C@H]1c1ccccc1. The maximum atomic E-state index is 13.3. The maximum Gasteiger partial charge on any atom is 0.225 e. The Balaban J connectivity index is 1.36. The molecule has 0 N–H and O–H groups in total. The van der Waals surface area contributed by atoms with Crippen LogP contribution < -0.4 is 4.90 Å². The number of aromatic nitrogens is 3. The Morgan fingerprint density at radius 2 is 1.67 bits per heavy atom. The third-order valence-electron chi connectivity index (χ3n) is 6.34. The van der Waals surface area contributed by atoms with Crippen molar-refractivity contribution >= 4 is 11.9 Å². The van der Waals surface area contributed by atoms with Crippen LogP contribution in [0.3, 0.4) is 0 Å². The average Bonchev–Trinajstić information content (AvgIpc) is 3.38. The van der Waals surface area contributed by atoms with Gasteiger partial charge in [-0.3, -0.25) is 9.78 Å². The topological polar surface area (TPSA) is 62.2 Å². The molecule has 2 aliphatic heterocycles. The molecule has 0 radical (unpaired) electrons. The maximum absolute atomic E-state index is 13.3. The third kappa shape index (κ3) is 3.65. The number of fused-ring (bicyclic) bond motifs is 1. The number of likely N-dealkylation sites (tertiary alicyclic amines) is 1. The smallest absolute Gasteiger partial charge is 0.225 e. The number of nitrogens with zero attached hydrogens (tertiary/aromatic N) is 5. The van der Waals surface area contributed by atoms with Crippen LogP contribution in [0.15, 0.2) is 73.3 Å². The van der Waals surface area contributed by atoms with Gasteiger partial charge in [0.2, 0.25) is 11.9 Å². The number of anilines is 1. The first-order valence-corrected chi connectivity index (χ1v) is 10.5. The van der Waals surface area contributed by atoms with Crippen LogP contribution in [0.5, 0.6) is 0 Å². The number of aryl methyl sites for hydroxylation is 1. The molecular weight excluding hydrogens is 374 g/mol. The van der Waals surface area contributed by atoms with Crippen LogP contribution >= 0.6 is 0 Å². The molecule has 0 saturated carbocycles. The number of rotatable bonds is 5. The summed E-state index contributed by atoms with van der Waals surface area (Å²) < 4.78 is 0. The Bertz CT molecular complexity index is 982. The second kappa shape index (κ2) is 8.22. The molecule has 0 bridgehead atoms. The second-order valence-electron chi connectivity index (χ2n) is 8.13. The van der Waals surface area contributed by atoms with Gasteiger partial charge in [0.05, 0.1) is 6.04 Å². The molecule has 0 spiro atoms. The van der Waals surface area contributed by atoms with E-state index in [1.54, 1.807) is 24.8 Å². The number of pyridine rings is 1. The number of hydrogen-bond donors (Lipinski definition) is 0. The van der Waals surface area contributed by atoms with Crippen molar-refractivity contribution in [1.82, 2.24) is 19.9 Å². The van der Waals surface area contributed by atoms with E-state index in [9.17, 15) is 4.79 Å². The first kappa shape index (κ1) is 18.7. The summed E-state index contributed by atoms with van der Waals surface area (Å²) in [6, 6.07) is 16.4. The molecule has 3 atom stereocenters. The van der Waals surface area contributed by atoms with Gasteiger partial charge in [-0.25, -0.2) is 9.97 Å². The molecule has 2 aliphatic rings. The van der Waals surface area contributed by atoms with E-state index in [-0.39, 0.29) is 11.9 Å². The summed E-state index contributed by atoms with van der Waals surface area (Å²) in [7, 11) is 0. The zero-order chi connectivity index (χ0) is 20.3. The molecule has 3 aromatic rings. The second-order valence-corrected chi connectivity index (χ2v) is 8.13. The van der Waals surface area contributed by atoms with Crippen LogP contribution in [0.25, 0.3) is 0 Å². The van der Waals surface area contributed by atoms with Crippen molar-refractivity contribution < 1.29 is 4.79 Å². The number of carbonyl (C=O) groups excluding carboxylic acids is 1. The molecule has 4 heterocycles. The summed E-state index contributed by atoms with van der Waals surface area (Å²) in [5.41, 5.74) is 2.37. The van der Waals surface area contributed by atoms with E-state index < -0.39 is 0 Å². The van der Waals surface area contributed by atoms with Crippen LogP contribution in [0.2, 0.25) is 0 Å². The van der Waals surface area contributed by atoms with Crippen molar-refractivity contribution in [2.45, 2.75) is 18.9 Å². The van der Waals surface area contributed by atoms with Gasteiger partial charge in [0.1, 0.15) is 0 Å². The Morgan fingerprint density at radius 3 is 2.43 bits per heavy atom. The predicted molar refractivity (Wildman–Crippen MR) is 115 cm³/mol. The molecule has 1 amide bonds. The van der Waals surface area contributed by atoms with Gasteiger partial charge in [0, 0.05) is 62.7 Å². The van der Waals surface area contributed by atoms with Crippen molar-refractivity contribution in [3.63, 3.8) is 0 Å². The lowest BCUT2D eigenvalue weighted by Gasteiger charge is -2.30. The van der Waals surface area contributed by atoms with Crippen molar-refractivity contribution in [1.29, 1.82) is 0 Å². The van der Waals surface area contributed by atoms with E-state index in [2.05, 4.69) is 49.0 Å². The minimum atomic E-state index is 0.106. The summed E-state index contributed by atoms with van der Waals surface area (Å²) in [6.45, 7) is 2.57. The van der Waals surface area contributed by atoms with Gasteiger partial charge in [0.15, 0.2) is 0 Å². The van der Waals surface area contributed by atoms with Crippen LogP contribution in [0.1, 0.15) is 23.6 Å². The Hall–Kier alpha value is -3.28. The highest BCUT2D eigenvalue weighted by Crippen LogP contribution is 2.45. The molecule has 6 nitrogen and oxygen atoms in total. The van der Waals surface area contributed by atoms with Gasteiger partial charge in [0.25, 0.3) is 0 Å². The Labute approximate surface area is 176 Å². The van der Waals surface area contributed by atoms with E-state index in [1.807, 2.05) is 24.3 Å². The number of benzene rings is 1. The largest absolute Gasteiger partial charge is 0.340 e. The lowest BCUT2D eigenvalue weighted by molar-refractivity contribution is -0.132. The van der Waals surface area contributed by atoms with E-state index >= 15 is 0 Å². The number of carbonyl (C=O) groups is 1. The first-order chi connectivity index (χ1) is 14.8. The molecule has 152 valence electrons. The molecule has 1 aromatic carbocycles. The average molecular weight is 399 g/mol. The van der Waals surface area contributed by atoms with Gasteiger partial charge < -0.3 is 9.80 Å². The zero-order valence-electron chi connectivity index (χ0n) is 16.8. The van der Waals surface area contributed by atoms with E-state index in [1.165, 1.54) is 5.56 Å². The van der Waals surface area contributed by atoms with Crippen molar-refractivity contribution in [2.75, 3.05) is 24.5 Å². The first-order valence-electron chi connectivity index (χ1n) is 10.5. The Kier molecular flexibility index (Phi) is 5.13. The van der Waals surface area contributed by atoms with Crippen LogP contribution in [0, 0.1) is 11.8 Å². The third-order valence-corrected chi connectivity index (χ3v) is 6.34. The molecule has 6 heteroatoms. The molecule has 2 aromatic heterocycles. The number of hydrogen-bond acceptors (Lipinski definition) is 5. The van der Waals surface area contributed by atoms with Crippen LogP contribution in [-0.2, 0) is 11.2 Å². The summed E-state index contributed by atoms with van der Waals surface area (Å²) in [6.07, 6.45) is 8.43. The van der Waals surface area contributed by atoms with E-state index in [0.717, 1.165) is 37.6 Å². The highest BCUT2D eigenvalue weighted by atomic mass is 16.2. The van der Waals surface area contributed by atoms with Crippen molar-refractivity contribution in [3.8, 4) is 0 Å². The molecule has 0 aliphatic carbocycles. The van der Waals surface area contributed by atoms with Crippen molar-refractivity contribution in [3.05, 3.63) is 84.4 Å². The molecule has 2 fully saturated rings. The summed E-state index contributed by atoms with van der Waals surface area (Å²) in [5, 5.41) is 0. The summed E-state index contributed by atoms with van der Waals surface area (Å²) in [5.74, 6) is 1.84. The summed E-state index contributed by atoms with van der Waals surface area (Å²) in [4.78, 5) is 30.6. The molecular formula is C24H25N5O. The highest BCUT2D eigenvalue weighted by molar-refractivity contribution is 5.77. The fraction of sp³-hybridized carbons (Fsp3) is 0.333.